The minimum absolute atomic E-state index is 0.112. The maximum absolute atomic E-state index is 11.4. The Kier molecular flexibility index (Phi) is 5.83. The average molecular weight is 417 g/mol. The number of aromatic nitrogens is 3. The molecule has 31 heavy (non-hydrogen) atoms. The second-order valence-corrected chi connectivity index (χ2v) is 8.62. The normalized spacial score (nSPS) is 17.4. The standard InChI is InChI=1S/C25H28N4O2/c1-16(31)7-8-18-5-4-6-21(17(18)2)28-24-26-12-10-22(29-24)19-13-20-23(27-14-19)9-11-25(20,3)15-30/h4-6,10,12-14,30H,7-9,11,15H2,1-3H3,(H,26,28,29). The third-order valence-electron chi connectivity index (χ3n) is 6.27. The molecule has 0 amide bonds. The first-order valence-corrected chi connectivity index (χ1v) is 10.7. The highest BCUT2D eigenvalue weighted by Crippen LogP contribution is 2.39. The quantitative estimate of drug-likeness (QED) is 0.597. The number of hydrogen-bond acceptors (Lipinski definition) is 6. The second-order valence-electron chi connectivity index (χ2n) is 8.62. The molecule has 0 fully saturated rings. The van der Waals surface area contributed by atoms with Gasteiger partial charge < -0.3 is 15.2 Å². The van der Waals surface area contributed by atoms with Crippen LogP contribution in [0.25, 0.3) is 11.3 Å². The number of Topliss-reactive ketones (excluding diaryl/α,β-unsaturated/α-hetero) is 1. The largest absolute Gasteiger partial charge is 0.395 e. The summed E-state index contributed by atoms with van der Waals surface area (Å²) >= 11 is 0. The summed E-state index contributed by atoms with van der Waals surface area (Å²) in [6.07, 6.45) is 6.64. The number of carbonyl (C=O) groups is 1. The molecule has 2 heterocycles. The molecule has 1 aliphatic carbocycles. The minimum Gasteiger partial charge on any atom is -0.395 e. The van der Waals surface area contributed by atoms with Crippen LogP contribution in [-0.2, 0) is 23.1 Å². The fraction of sp³-hybridized carbons (Fsp3) is 0.360. The first-order valence-electron chi connectivity index (χ1n) is 10.7. The first-order chi connectivity index (χ1) is 14.9. The van der Waals surface area contributed by atoms with E-state index in [9.17, 15) is 9.90 Å². The SMILES string of the molecule is CC(=O)CCc1cccc(Nc2nccc(-c3cnc4c(c3)C(C)(CO)CC4)n2)c1C. The molecule has 0 spiro atoms. The van der Waals surface area contributed by atoms with Gasteiger partial charge in [0.05, 0.1) is 12.3 Å². The van der Waals surface area contributed by atoms with E-state index in [4.69, 9.17) is 4.98 Å². The first kappa shape index (κ1) is 21.1. The fourth-order valence-electron chi connectivity index (χ4n) is 4.15. The van der Waals surface area contributed by atoms with E-state index in [2.05, 4.69) is 34.3 Å². The molecule has 0 radical (unpaired) electrons. The van der Waals surface area contributed by atoms with Gasteiger partial charge in [0.2, 0.25) is 5.95 Å². The molecule has 160 valence electrons. The zero-order valence-electron chi connectivity index (χ0n) is 18.3. The fourth-order valence-corrected chi connectivity index (χ4v) is 4.15. The molecule has 0 saturated heterocycles. The number of anilines is 2. The van der Waals surface area contributed by atoms with E-state index in [0.717, 1.165) is 58.6 Å². The van der Waals surface area contributed by atoms with Crippen LogP contribution in [0.2, 0.25) is 0 Å². The molecule has 6 nitrogen and oxygen atoms in total. The van der Waals surface area contributed by atoms with Crippen LogP contribution < -0.4 is 5.32 Å². The number of pyridine rings is 1. The molecular weight excluding hydrogens is 388 g/mol. The molecular formula is C25H28N4O2. The lowest BCUT2D eigenvalue weighted by Gasteiger charge is -2.22. The number of fused-ring (bicyclic) bond motifs is 1. The highest BCUT2D eigenvalue weighted by Gasteiger charge is 2.35. The molecule has 1 aliphatic rings. The lowest BCUT2D eigenvalue weighted by molar-refractivity contribution is -0.116. The van der Waals surface area contributed by atoms with Crippen LogP contribution in [-0.4, -0.2) is 32.4 Å². The van der Waals surface area contributed by atoms with Crippen molar-refractivity contribution in [3.05, 3.63) is 65.1 Å². The van der Waals surface area contributed by atoms with Crippen molar-refractivity contribution in [1.82, 2.24) is 15.0 Å². The lowest BCUT2D eigenvalue weighted by atomic mass is 9.85. The minimum atomic E-state index is -0.246. The van der Waals surface area contributed by atoms with Crippen molar-refractivity contribution >= 4 is 17.4 Å². The van der Waals surface area contributed by atoms with Crippen molar-refractivity contribution in [3.63, 3.8) is 0 Å². The lowest BCUT2D eigenvalue weighted by Crippen LogP contribution is -2.23. The van der Waals surface area contributed by atoms with Crippen molar-refractivity contribution in [2.24, 2.45) is 0 Å². The van der Waals surface area contributed by atoms with Gasteiger partial charge in [0.1, 0.15) is 5.78 Å². The molecule has 0 bridgehead atoms. The number of benzene rings is 1. The van der Waals surface area contributed by atoms with Crippen LogP contribution in [0.5, 0.6) is 0 Å². The van der Waals surface area contributed by atoms with Gasteiger partial charge in [0.25, 0.3) is 0 Å². The zero-order valence-corrected chi connectivity index (χ0v) is 18.3. The third kappa shape index (κ3) is 4.35. The van der Waals surface area contributed by atoms with Gasteiger partial charge in [-0.2, -0.15) is 0 Å². The number of carbonyl (C=O) groups excluding carboxylic acids is 1. The molecule has 0 saturated carbocycles. The Hall–Kier alpha value is -3.12. The zero-order chi connectivity index (χ0) is 22.0. The van der Waals surface area contributed by atoms with E-state index in [1.807, 2.05) is 31.3 Å². The van der Waals surface area contributed by atoms with Gasteiger partial charge in [-0.3, -0.25) is 4.98 Å². The van der Waals surface area contributed by atoms with E-state index in [1.54, 1.807) is 13.1 Å². The topological polar surface area (TPSA) is 88.0 Å². The van der Waals surface area contributed by atoms with Gasteiger partial charge in [-0.25, -0.2) is 9.97 Å². The number of hydrogen-bond donors (Lipinski definition) is 2. The van der Waals surface area contributed by atoms with E-state index >= 15 is 0 Å². The Morgan fingerprint density at radius 2 is 2.10 bits per heavy atom. The predicted molar refractivity (Wildman–Crippen MR) is 121 cm³/mol. The van der Waals surface area contributed by atoms with Crippen molar-refractivity contribution < 1.29 is 9.90 Å². The summed E-state index contributed by atoms with van der Waals surface area (Å²) in [5, 5.41) is 13.2. The summed E-state index contributed by atoms with van der Waals surface area (Å²) in [6.45, 7) is 5.86. The van der Waals surface area contributed by atoms with E-state index in [0.29, 0.717) is 12.4 Å². The Labute approximate surface area is 182 Å². The molecule has 4 rings (SSSR count). The monoisotopic (exact) mass is 416 g/mol. The number of aryl methyl sites for hydroxylation is 2. The number of aliphatic hydroxyl groups excluding tert-OH is 1. The molecule has 1 unspecified atom stereocenters. The van der Waals surface area contributed by atoms with Crippen LogP contribution in [0.3, 0.4) is 0 Å². The van der Waals surface area contributed by atoms with Crippen LogP contribution in [0, 0.1) is 6.92 Å². The summed E-state index contributed by atoms with van der Waals surface area (Å²) in [6, 6.07) is 10.00. The summed E-state index contributed by atoms with van der Waals surface area (Å²) in [5.41, 5.74) is 6.78. The van der Waals surface area contributed by atoms with Crippen molar-refractivity contribution in [3.8, 4) is 11.3 Å². The molecule has 2 N–H and O–H groups in total. The highest BCUT2D eigenvalue weighted by atomic mass is 16.3. The van der Waals surface area contributed by atoms with Gasteiger partial charge >= 0.3 is 0 Å². The van der Waals surface area contributed by atoms with E-state index in [-0.39, 0.29) is 17.8 Å². The highest BCUT2D eigenvalue weighted by molar-refractivity contribution is 5.76. The number of aliphatic hydroxyl groups is 1. The van der Waals surface area contributed by atoms with Crippen molar-refractivity contribution in [2.45, 2.75) is 51.9 Å². The van der Waals surface area contributed by atoms with Gasteiger partial charge in [-0.15, -0.1) is 0 Å². The maximum atomic E-state index is 11.4. The summed E-state index contributed by atoms with van der Waals surface area (Å²) in [7, 11) is 0. The molecule has 0 aliphatic heterocycles. The Balaban J connectivity index is 1.60. The smallest absolute Gasteiger partial charge is 0.227 e. The van der Waals surface area contributed by atoms with Crippen molar-refractivity contribution in [1.29, 1.82) is 0 Å². The molecule has 1 aromatic carbocycles. The number of nitrogens with one attached hydrogen (secondary N) is 1. The van der Waals surface area contributed by atoms with Crippen molar-refractivity contribution in [2.75, 3.05) is 11.9 Å². The van der Waals surface area contributed by atoms with Gasteiger partial charge in [0.15, 0.2) is 0 Å². The van der Waals surface area contributed by atoms with E-state index < -0.39 is 0 Å². The summed E-state index contributed by atoms with van der Waals surface area (Å²) in [4.78, 5) is 25.1. The molecule has 3 aromatic rings. The second kappa shape index (κ2) is 8.55. The summed E-state index contributed by atoms with van der Waals surface area (Å²) < 4.78 is 0. The molecule has 1 atom stereocenters. The Bertz CT molecular complexity index is 1130. The van der Waals surface area contributed by atoms with Crippen LogP contribution in [0.4, 0.5) is 11.6 Å². The van der Waals surface area contributed by atoms with E-state index in [1.165, 1.54) is 0 Å². The third-order valence-corrected chi connectivity index (χ3v) is 6.27. The number of ketones is 1. The predicted octanol–water partition coefficient (Wildman–Crippen LogP) is 4.31. The van der Waals surface area contributed by atoms with Gasteiger partial charge in [-0.1, -0.05) is 19.1 Å². The molecule has 2 aromatic heterocycles. The average Bonchev–Trinajstić information content (AvgIpc) is 3.11. The van der Waals surface area contributed by atoms with Crippen LogP contribution >= 0.6 is 0 Å². The van der Waals surface area contributed by atoms with Gasteiger partial charge in [-0.05, 0) is 68.0 Å². The Morgan fingerprint density at radius 3 is 2.87 bits per heavy atom. The molecule has 6 heteroatoms. The summed E-state index contributed by atoms with van der Waals surface area (Å²) in [5.74, 6) is 0.698. The van der Waals surface area contributed by atoms with Gasteiger partial charge in [0, 0.05) is 41.2 Å². The maximum Gasteiger partial charge on any atom is 0.227 e. The number of rotatable bonds is 7. The number of nitrogens with zero attached hydrogens (tertiary/aromatic N) is 3. The Morgan fingerprint density at radius 1 is 1.26 bits per heavy atom. The van der Waals surface area contributed by atoms with Crippen LogP contribution in [0.1, 0.15) is 49.1 Å². The van der Waals surface area contributed by atoms with Crippen LogP contribution in [0.15, 0.2) is 42.7 Å².